The minimum absolute atomic E-state index is 0.125. The maximum Gasteiger partial charge on any atom is 0.274 e. The third-order valence-electron chi connectivity index (χ3n) is 3.43. The van der Waals surface area contributed by atoms with Crippen molar-refractivity contribution < 1.29 is 4.92 Å². The number of nitrogens with two attached hydrogens (primary N) is 1. The highest BCUT2D eigenvalue weighted by Crippen LogP contribution is 2.21. The zero-order valence-electron chi connectivity index (χ0n) is 11.7. The van der Waals surface area contributed by atoms with E-state index in [9.17, 15) is 10.1 Å². The van der Waals surface area contributed by atoms with Gasteiger partial charge in [-0.2, -0.15) is 5.10 Å². The molecule has 0 saturated heterocycles. The van der Waals surface area contributed by atoms with E-state index in [1.54, 1.807) is 18.2 Å². The largest absolute Gasteiger partial charge is 0.330 e. The van der Waals surface area contributed by atoms with Gasteiger partial charge in [0.15, 0.2) is 0 Å². The van der Waals surface area contributed by atoms with Gasteiger partial charge in [0.2, 0.25) is 0 Å². The van der Waals surface area contributed by atoms with Crippen molar-refractivity contribution in [1.29, 1.82) is 0 Å². The van der Waals surface area contributed by atoms with Crippen molar-refractivity contribution >= 4 is 5.69 Å². The highest BCUT2D eigenvalue weighted by molar-refractivity contribution is 5.40. The molecule has 1 aromatic carbocycles. The lowest BCUT2D eigenvalue weighted by Crippen LogP contribution is -2.08. The summed E-state index contributed by atoms with van der Waals surface area (Å²) in [5.74, 6) is 0. The van der Waals surface area contributed by atoms with Gasteiger partial charge in [-0.1, -0.05) is 18.2 Å². The van der Waals surface area contributed by atoms with Crippen LogP contribution < -0.4 is 5.73 Å². The molecule has 0 aliphatic rings. The molecule has 0 atom stereocenters. The van der Waals surface area contributed by atoms with E-state index in [1.807, 2.05) is 18.5 Å². The van der Waals surface area contributed by atoms with Crippen LogP contribution in [0.4, 0.5) is 5.69 Å². The Morgan fingerprint density at radius 1 is 1.35 bits per heavy atom. The molecule has 0 radical (unpaired) electrons. The summed E-state index contributed by atoms with van der Waals surface area (Å²) in [6.07, 6.45) is 0.772. The Hall–Kier alpha value is -2.21. The molecular weight excluding hydrogens is 256 g/mol. The third-order valence-corrected chi connectivity index (χ3v) is 3.43. The average Bonchev–Trinajstić information content (AvgIpc) is 2.67. The number of benzene rings is 1. The van der Waals surface area contributed by atoms with Crippen LogP contribution in [0.25, 0.3) is 0 Å². The number of para-hydroxylation sites is 1. The Bertz CT molecular complexity index is 634. The lowest BCUT2D eigenvalue weighted by molar-refractivity contribution is -0.385. The number of nitro benzene ring substituents is 1. The van der Waals surface area contributed by atoms with E-state index >= 15 is 0 Å². The van der Waals surface area contributed by atoms with Crippen LogP contribution in [0.5, 0.6) is 0 Å². The number of aryl methyl sites for hydroxylation is 1. The molecule has 6 nitrogen and oxygen atoms in total. The van der Waals surface area contributed by atoms with Crippen molar-refractivity contribution in [3.8, 4) is 0 Å². The Morgan fingerprint density at radius 3 is 2.70 bits per heavy atom. The van der Waals surface area contributed by atoms with Gasteiger partial charge in [0.05, 0.1) is 22.7 Å². The fraction of sp³-hybridized carbons (Fsp3) is 0.357. The molecular formula is C14H18N4O2. The van der Waals surface area contributed by atoms with E-state index in [-0.39, 0.29) is 10.6 Å². The highest BCUT2D eigenvalue weighted by atomic mass is 16.6. The first-order chi connectivity index (χ1) is 9.54. The van der Waals surface area contributed by atoms with Gasteiger partial charge in [0, 0.05) is 11.8 Å². The van der Waals surface area contributed by atoms with Crippen molar-refractivity contribution in [1.82, 2.24) is 9.78 Å². The summed E-state index contributed by atoms with van der Waals surface area (Å²) in [4.78, 5) is 10.7. The SMILES string of the molecule is Cc1nn(Cc2ccccc2[N+](=O)[O-])c(C)c1CCN. The quantitative estimate of drug-likeness (QED) is 0.667. The second-order valence-corrected chi connectivity index (χ2v) is 4.73. The van der Waals surface area contributed by atoms with Crippen LogP contribution in [0.15, 0.2) is 24.3 Å². The van der Waals surface area contributed by atoms with E-state index in [2.05, 4.69) is 5.10 Å². The van der Waals surface area contributed by atoms with Crippen molar-refractivity contribution in [3.63, 3.8) is 0 Å². The number of hydrogen-bond acceptors (Lipinski definition) is 4. The number of rotatable bonds is 5. The number of hydrogen-bond donors (Lipinski definition) is 1. The summed E-state index contributed by atoms with van der Waals surface area (Å²) in [5.41, 5.74) is 9.46. The Kier molecular flexibility index (Phi) is 4.14. The summed E-state index contributed by atoms with van der Waals surface area (Å²) >= 11 is 0. The fourth-order valence-electron chi connectivity index (χ4n) is 2.38. The molecule has 0 aliphatic heterocycles. The molecule has 0 spiro atoms. The lowest BCUT2D eigenvalue weighted by atomic mass is 10.1. The number of nitrogens with zero attached hydrogens (tertiary/aromatic N) is 3. The molecule has 1 aromatic heterocycles. The number of aromatic nitrogens is 2. The Morgan fingerprint density at radius 2 is 2.05 bits per heavy atom. The minimum Gasteiger partial charge on any atom is -0.330 e. The third kappa shape index (κ3) is 2.70. The van der Waals surface area contributed by atoms with Crippen LogP contribution in [0.3, 0.4) is 0 Å². The molecule has 0 unspecified atom stereocenters. The Balaban J connectivity index is 2.36. The second kappa shape index (κ2) is 5.83. The zero-order chi connectivity index (χ0) is 14.7. The highest BCUT2D eigenvalue weighted by Gasteiger charge is 2.16. The van der Waals surface area contributed by atoms with Crippen molar-refractivity contribution in [2.24, 2.45) is 5.73 Å². The fourth-order valence-corrected chi connectivity index (χ4v) is 2.38. The van der Waals surface area contributed by atoms with Gasteiger partial charge in [-0.25, -0.2) is 0 Å². The molecule has 0 saturated carbocycles. The Labute approximate surface area is 117 Å². The van der Waals surface area contributed by atoms with Crippen molar-refractivity contribution in [2.45, 2.75) is 26.8 Å². The van der Waals surface area contributed by atoms with Crippen LogP contribution in [0, 0.1) is 24.0 Å². The molecule has 0 fully saturated rings. The molecule has 106 valence electrons. The van der Waals surface area contributed by atoms with Crippen molar-refractivity contribution in [3.05, 3.63) is 56.9 Å². The molecule has 0 aliphatic carbocycles. The van der Waals surface area contributed by atoms with Crippen LogP contribution in [0.1, 0.15) is 22.5 Å². The van der Waals surface area contributed by atoms with Gasteiger partial charge in [0.25, 0.3) is 5.69 Å². The normalized spacial score (nSPS) is 10.8. The van der Waals surface area contributed by atoms with Gasteiger partial charge >= 0.3 is 0 Å². The molecule has 2 N–H and O–H groups in total. The molecule has 0 bridgehead atoms. The van der Waals surface area contributed by atoms with E-state index in [4.69, 9.17) is 5.73 Å². The predicted octanol–water partition coefficient (Wildman–Crippen LogP) is 1.96. The van der Waals surface area contributed by atoms with Gasteiger partial charge in [0.1, 0.15) is 0 Å². The topological polar surface area (TPSA) is 87.0 Å². The summed E-state index contributed by atoms with van der Waals surface area (Å²) in [6.45, 7) is 4.88. The van der Waals surface area contributed by atoms with Gasteiger partial charge < -0.3 is 5.73 Å². The summed E-state index contributed by atoms with van der Waals surface area (Å²) in [7, 11) is 0. The van der Waals surface area contributed by atoms with Crippen LogP contribution in [0.2, 0.25) is 0 Å². The molecule has 1 heterocycles. The second-order valence-electron chi connectivity index (χ2n) is 4.73. The van der Waals surface area contributed by atoms with Gasteiger partial charge in [-0.05, 0) is 32.4 Å². The van der Waals surface area contributed by atoms with Crippen LogP contribution in [-0.4, -0.2) is 21.2 Å². The molecule has 0 amide bonds. The molecule has 6 heteroatoms. The maximum absolute atomic E-state index is 11.0. The van der Waals surface area contributed by atoms with E-state index in [0.29, 0.717) is 18.7 Å². The average molecular weight is 274 g/mol. The van der Waals surface area contributed by atoms with E-state index in [1.165, 1.54) is 6.07 Å². The first kappa shape index (κ1) is 14.2. The predicted molar refractivity (Wildman–Crippen MR) is 76.7 cm³/mol. The molecule has 20 heavy (non-hydrogen) atoms. The lowest BCUT2D eigenvalue weighted by Gasteiger charge is -2.06. The van der Waals surface area contributed by atoms with E-state index < -0.39 is 0 Å². The first-order valence-electron chi connectivity index (χ1n) is 6.49. The van der Waals surface area contributed by atoms with Crippen LogP contribution in [-0.2, 0) is 13.0 Å². The first-order valence-corrected chi connectivity index (χ1v) is 6.49. The zero-order valence-corrected chi connectivity index (χ0v) is 11.7. The summed E-state index contributed by atoms with van der Waals surface area (Å²) in [5, 5.41) is 15.5. The molecule has 2 rings (SSSR count). The standard InChI is InChI=1S/C14H18N4O2/c1-10-13(7-8-15)11(2)17(16-10)9-12-5-3-4-6-14(12)18(19)20/h3-6H,7-9,15H2,1-2H3. The van der Waals surface area contributed by atoms with Crippen molar-refractivity contribution in [2.75, 3.05) is 6.54 Å². The van der Waals surface area contributed by atoms with Gasteiger partial charge in [-0.15, -0.1) is 0 Å². The maximum atomic E-state index is 11.0. The van der Waals surface area contributed by atoms with Crippen LogP contribution >= 0.6 is 0 Å². The number of nitro groups is 1. The smallest absolute Gasteiger partial charge is 0.274 e. The summed E-state index contributed by atoms with van der Waals surface area (Å²) < 4.78 is 1.81. The molecule has 2 aromatic rings. The van der Waals surface area contributed by atoms with Gasteiger partial charge in [-0.3, -0.25) is 14.8 Å². The van der Waals surface area contributed by atoms with E-state index in [0.717, 1.165) is 23.4 Å². The minimum atomic E-state index is -0.359. The summed E-state index contributed by atoms with van der Waals surface area (Å²) in [6, 6.07) is 6.75. The monoisotopic (exact) mass is 274 g/mol.